The Hall–Kier alpha value is -1.45. The zero-order valence-electron chi connectivity index (χ0n) is 8.83. The number of nitrogens with one attached hydrogen (secondary N) is 1. The van der Waals surface area contributed by atoms with Gasteiger partial charge in [-0.25, -0.2) is 0 Å². The number of nitrogen functional groups attached to an aromatic ring is 1. The van der Waals surface area contributed by atoms with E-state index in [1.807, 2.05) is 4.90 Å². The third-order valence-corrected chi connectivity index (χ3v) is 2.90. The molecule has 0 radical (unpaired) electrons. The Morgan fingerprint density at radius 3 is 2.47 bits per heavy atom. The van der Waals surface area contributed by atoms with E-state index in [-0.39, 0.29) is 5.91 Å². The van der Waals surface area contributed by atoms with E-state index in [0.717, 1.165) is 25.9 Å². The van der Waals surface area contributed by atoms with Crippen LogP contribution in [-0.2, 0) is 0 Å². The molecular formula is C11H17N3O. The van der Waals surface area contributed by atoms with Gasteiger partial charge in [0.05, 0.1) is 5.56 Å². The van der Waals surface area contributed by atoms with Gasteiger partial charge in [0.1, 0.15) is 5.82 Å². The van der Waals surface area contributed by atoms with Gasteiger partial charge in [0.15, 0.2) is 0 Å². The predicted octanol–water partition coefficient (Wildman–Crippen LogP) is 1.61. The van der Waals surface area contributed by atoms with Crippen LogP contribution in [0.4, 0.5) is 5.82 Å². The van der Waals surface area contributed by atoms with Gasteiger partial charge in [-0.15, -0.1) is 0 Å². The molecule has 1 amide bonds. The fourth-order valence-electron chi connectivity index (χ4n) is 2.01. The number of nitrogens with zero attached hydrogens (tertiary/aromatic N) is 1. The summed E-state index contributed by atoms with van der Waals surface area (Å²) in [4.78, 5) is 16.8. The van der Waals surface area contributed by atoms with E-state index in [0.29, 0.717) is 11.4 Å². The number of hydrogen-bond acceptors (Lipinski definition) is 2. The molecule has 1 saturated heterocycles. The van der Waals surface area contributed by atoms with Crippen LogP contribution in [0.2, 0.25) is 0 Å². The van der Waals surface area contributed by atoms with E-state index in [9.17, 15) is 4.79 Å². The molecule has 1 aromatic heterocycles. The van der Waals surface area contributed by atoms with E-state index >= 15 is 0 Å². The summed E-state index contributed by atoms with van der Waals surface area (Å²) in [5, 5.41) is 0. The van der Waals surface area contributed by atoms with Crippen LogP contribution in [0.25, 0.3) is 0 Å². The molecular weight excluding hydrogens is 190 g/mol. The van der Waals surface area contributed by atoms with Crippen LogP contribution in [0.3, 0.4) is 0 Å². The number of rotatable bonds is 1. The van der Waals surface area contributed by atoms with Crippen molar-refractivity contribution in [2.24, 2.45) is 0 Å². The summed E-state index contributed by atoms with van der Waals surface area (Å²) in [5.41, 5.74) is 6.29. The lowest BCUT2D eigenvalue weighted by Gasteiger charge is -2.19. The average Bonchev–Trinajstić information content (AvgIpc) is 2.53. The van der Waals surface area contributed by atoms with Crippen LogP contribution in [-0.4, -0.2) is 28.9 Å². The number of aromatic nitrogens is 1. The van der Waals surface area contributed by atoms with E-state index < -0.39 is 0 Å². The molecule has 4 heteroatoms. The van der Waals surface area contributed by atoms with Crippen molar-refractivity contribution in [3.63, 3.8) is 0 Å². The molecule has 0 atom stereocenters. The van der Waals surface area contributed by atoms with Gasteiger partial charge >= 0.3 is 0 Å². The Morgan fingerprint density at radius 1 is 1.27 bits per heavy atom. The first kappa shape index (κ1) is 10.1. The molecule has 1 aromatic rings. The standard InChI is InChI=1S/C11H17N3O/c12-10-9(5-6-13-10)11(15)14-7-3-1-2-4-8-14/h5-6,13H,1-4,7-8,12H2. The van der Waals surface area contributed by atoms with Crippen molar-refractivity contribution in [2.45, 2.75) is 25.7 Å². The molecule has 0 aliphatic carbocycles. The number of nitrogens with two attached hydrogens (primary N) is 1. The second kappa shape index (κ2) is 4.38. The minimum atomic E-state index is 0.0654. The topological polar surface area (TPSA) is 62.1 Å². The van der Waals surface area contributed by atoms with Crippen LogP contribution in [0.15, 0.2) is 12.3 Å². The Kier molecular flexibility index (Phi) is 2.94. The van der Waals surface area contributed by atoms with Crippen molar-refractivity contribution in [2.75, 3.05) is 18.8 Å². The molecule has 1 aliphatic rings. The summed E-state index contributed by atoms with van der Waals surface area (Å²) < 4.78 is 0. The largest absolute Gasteiger partial charge is 0.385 e. The Balaban J connectivity index is 2.09. The number of H-pyrrole nitrogens is 1. The van der Waals surface area contributed by atoms with Crippen molar-refractivity contribution >= 4 is 11.7 Å². The first-order valence-electron chi connectivity index (χ1n) is 5.51. The monoisotopic (exact) mass is 207 g/mol. The number of hydrogen-bond donors (Lipinski definition) is 2. The number of amides is 1. The zero-order valence-corrected chi connectivity index (χ0v) is 8.83. The van der Waals surface area contributed by atoms with Crippen LogP contribution in [0.5, 0.6) is 0 Å². The van der Waals surface area contributed by atoms with Crippen LogP contribution >= 0.6 is 0 Å². The lowest BCUT2D eigenvalue weighted by molar-refractivity contribution is 0.0763. The Bertz CT molecular complexity index is 337. The summed E-state index contributed by atoms with van der Waals surface area (Å²) in [7, 11) is 0. The number of likely N-dealkylation sites (tertiary alicyclic amines) is 1. The lowest BCUT2D eigenvalue weighted by atomic mass is 10.2. The van der Waals surface area contributed by atoms with Crippen LogP contribution in [0, 0.1) is 0 Å². The highest BCUT2D eigenvalue weighted by molar-refractivity contribution is 5.98. The molecule has 15 heavy (non-hydrogen) atoms. The van der Waals surface area contributed by atoms with Crippen LogP contribution < -0.4 is 5.73 Å². The Labute approximate surface area is 89.5 Å². The highest BCUT2D eigenvalue weighted by Crippen LogP contribution is 2.16. The smallest absolute Gasteiger partial charge is 0.257 e. The maximum Gasteiger partial charge on any atom is 0.257 e. The van der Waals surface area contributed by atoms with Crippen molar-refractivity contribution in [1.29, 1.82) is 0 Å². The van der Waals surface area contributed by atoms with E-state index in [2.05, 4.69) is 4.98 Å². The van der Waals surface area contributed by atoms with E-state index in [4.69, 9.17) is 5.73 Å². The molecule has 82 valence electrons. The maximum absolute atomic E-state index is 12.1. The van der Waals surface area contributed by atoms with Crippen molar-refractivity contribution in [3.05, 3.63) is 17.8 Å². The molecule has 1 aliphatic heterocycles. The van der Waals surface area contributed by atoms with Gasteiger partial charge in [-0.1, -0.05) is 12.8 Å². The molecule has 4 nitrogen and oxygen atoms in total. The van der Waals surface area contributed by atoms with Crippen molar-refractivity contribution < 1.29 is 4.79 Å². The first-order chi connectivity index (χ1) is 7.29. The molecule has 1 fully saturated rings. The summed E-state index contributed by atoms with van der Waals surface area (Å²) in [5.74, 6) is 0.542. The fourth-order valence-corrected chi connectivity index (χ4v) is 2.01. The Morgan fingerprint density at radius 2 is 1.93 bits per heavy atom. The highest BCUT2D eigenvalue weighted by Gasteiger charge is 2.19. The normalized spacial score (nSPS) is 17.5. The number of carbonyl (C=O) groups excluding carboxylic acids is 1. The average molecular weight is 207 g/mol. The molecule has 0 unspecified atom stereocenters. The van der Waals surface area contributed by atoms with Gasteiger partial charge in [0.25, 0.3) is 5.91 Å². The second-order valence-electron chi connectivity index (χ2n) is 4.01. The lowest BCUT2D eigenvalue weighted by Crippen LogP contribution is -2.32. The summed E-state index contributed by atoms with van der Waals surface area (Å²) in [6, 6.07) is 1.75. The summed E-state index contributed by atoms with van der Waals surface area (Å²) >= 11 is 0. The minimum absolute atomic E-state index is 0.0654. The number of carbonyl (C=O) groups is 1. The zero-order chi connectivity index (χ0) is 10.7. The third kappa shape index (κ3) is 2.14. The van der Waals surface area contributed by atoms with Crippen LogP contribution in [0.1, 0.15) is 36.0 Å². The van der Waals surface area contributed by atoms with Gasteiger partial charge in [-0.05, 0) is 18.9 Å². The van der Waals surface area contributed by atoms with Gasteiger partial charge in [-0.2, -0.15) is 0 Å². The molecule has 0 bridgehead atoms. The van der Waals surface area contributed by atoms with Gasteiger partial charge in [0, 0.05) is 19.3 Å². The number of aromatic amines is 1. The second-order valence-corrected chi connectivity index (χ2v) is 4.01. The molecule has 2 heterocycles. The molecule has 0 aromatic carbocycles. The SMILES string of the molecule is Nc1[nH]ccc1C(=O)N1CCCCCC1. The molecule has 3 N–H and O–H groups in total. The quantitative estimate of drug-likeness (QED) is 0.735. The van der Waals surface area contributed by atoms with Gasteiger partial charge < -0.3 is 15.6 Å². The molecule has 0 spiro atoms. The fraction of sp³-hybridized carbons (Fsp3) is 0.545. The van der Waals surface area contributed by atoms with Gasteiger partial charge in [0.2, 0.25) is 0 Å². The minimum Gasteiger partial charge on any atom is -0.385 e. The van der Waals surface area contributed by atoms with Gasteiger partial charge in [-0.3, -0.25) is 4.79 Å². The summed E-state index contributed by atoms with van der Waals surface area (Å²) in [6.45, 7) is 1.73. The molecule has 0 saturated carbocycles. The first-order valence-corrected chi connectivity index (χ1v) is 5.51. The number of anilines is 1. The van der Waals surface area contributed by atoms with Crippen molar-refractivity contribution in [1.82, 2.24) is 9.88 Å². The highest BCUT2D eigenvalue weighted by atomic mass is 16.2. The van der Waals surface area contributed by atoms with E-state index in [1.165, 1.54) is 12.8 Å². The predicted molar refractivity (Wildman–Crippen MR) is 59.6 cm³/mol. The van der Waals surface area contributed by atoms with Crippen molar-refractivity contribution in [3.8, 4) is 0 Å². The maximum atomic E-state index is 12.1. The third-order valence-electron chi connectivity index (χ3n) is 2.90. The summed E-state index contributed by atoms with van der Waals surface area (Å²) in [6.07, 6.45) is 6.38. The molecule has 2 rings (SSSR count). The van der Waals surface area contributed by atoms with E-state index in [1.54, 1.807) is 12.3 Å².